The van der Waals surface area contributed by atoms with Crippen LogP contribution < -0.4 is 9.80 Å². The van der Waals surface area contributed by atoms with E-state index in [1.165, 1.54) is 44.5 Å². The molecule has 0 fully saturated rings. The number of rotatable bonds is 8. The zero-order chi connectivity index (χ0) is 43.6. The van der Waals surface area contributed by atoms with Crippen molar-refractivity contribution in [2.24, 2.45) is 0 Å². The van der Waals surface area contributed by atoms with Crippen molar-refractivity contribution in [1.82, 2.24) is 0 Å². The molecule has 11 aromatic rings. The molecule has 3 nitrogen and oxygen atoms in total. The van der Waals surface area contributed by atoms with E-state index in [1.54, 1.807) is 0 Å². The summed E-state index contributed by atoms with van der Waals surface area (Å²) in [4.78, 5) is 4.85. The van der Waals surface area contributed by atoms with Crippen molar-refractivity contribution in [2.75, 3.05) is 9.80 Å². The van der Waals surface area contributed by atoms with E-state index in [2.05, 4.69) is 265 Å². The number of benzene rings is 10. The molecular weight excluding hydrogens is 801 g/mol. The smallest absolute Gasteiger partial charge is 0.140 e. The van der Waals surface area contributed by atoms with Crippen molar-refractivity contribution in [1.29, 1.82) is 0 Å². The lowest BCUT2D eigenvalue weighted by molar-refractivity contribution is 0.628. The quantitative estimate of drug-likeness (QED) is 0.152. The van der Waals surface area contributed by atoms with E-state index < -0.39 is 5.41 Å². The van der Waals surface area contributed by atoms with Crippen molar-refractivity contribution in [3.8, 4) is 44.7 Å². The van der Waals surface area contributed by atoms with Gasteiger partial charge in [-0.25, -0.2) is 0 Å². The molecule has 1 spiro atoms. The minimum atomic E-state index is -0.698. The summed E-state index contributed by atoms with van der Waals surface area (Å²) < 4.78 is 7.05. The fraction of sp³-hybridized carbons (Fsp3) is 0.0159. The number of hydrogen-bond donors (Lipinski definition) is 0. The van der Waals surface area contributed by atoms with Gasteiger partial charge < -0.3 is 14.2 Å². The highest BCUT2D eigenvalue weighted by atomic mass is 16.3. The van der Waals surface area contributed by atoms with Gasteiger partial charge in [0.2, 0.25) is 0 Å². The van der Waals surface area contributed by atoms with Crippen molar-refractivity contribution < 1.29 is 4.42 Å². The van der Waals surface area contributed by atoms with Gasteiger partial charge in [0.05, 0.1) is 16.8 Å². The molecule has 2 aliphatic carbocycles. The molecule has 1 heterocycles. The van der Waals surface area contributed by atoms with E-state index in [-0.39, 0.29) is 0 Å². The molecule has 2 aliphatic rings. The summed E-state index contributed by atoms with van der Waals surface area (Å²) >= 11 is 0. The number of fused-ring (bicyclic) bond motifs is 12. The number of nitrogens with zero attached hydrogens (tertiary/aromatic N) is 2. The number of hydrogen-bond acceptors (Lipinski definition) is 3. The molecule has 0 saturated heterocycles. The van der Waals surface area contributed by atoms with Crippen molar-refractivity contribution in [2.45, 2.75) is 5.41 Å². The normalized spacial score (nSPS) is 14.1. The van der Waals surface area contributed by atoms with Crippen molar-refractivity contribution in [3.05, 3.63) is 277 Å². The van der Waals surface area contributed by atoms with Gasteiger partial charge in [0, 0.05) is 50.4 Å². The van der Waals surface area contributed by atoms with Gasteiger partial charge in [-0.3, -0.25) is 0 Å². The maximum absolute atomic E-state index is 7.05. The van der Waals surface area contributed by atoms with E-state index in [0.29, 0.717) is 0 Å². The van der Waals surface area contributed by atoms with E-state index in [0.717, 1.165) is 67.5 Å². The summed E-state index contributed by atoms with van der Waals surface area (Å²) in [5.74, 6) is 0.928. The first-order valence-electron chi connectivity index (χ1n) is 22.7. The van der Waals surface area contributed by atoms with Gasteiger partial charge in [-0.1, -0.05) is 182 Å². The predicted octanol–water partition coefficient (Wildman–Crippen LogP) is 17.0. The molecule has 1 aromatic heterocycles. The molecular formula is C63H42N2O. The van der Waals surface area contributed by atoms with Gasteiger partial charge in [0.1, 0.15) is 11.3 Å². The van der Waals surface area contributed by atoms with Gasteiger partial charge in [0.15, 0.2) is 0 Å². The molecule has 1 atom stereocenters. The Morgan fingerprint density at radius 1 is 0.318 bits per heavy atom. The molecule has 0 saturated carbocycles. The highest BCUT2D eigenvalue weighted by Gasteiger charge is 2.55. The maximum atomic E-state index is 7.05. The van der Waals surface area contributed by atoms with Crippen molar-refractivity contribution >= 4 is 45.1 Å². The van der Waals surface area contributed by atoms with E-state index in [4.69, 9.17) is 4.42 Å². The molecule has 66 heavy (non-hydrogen) atoms. The van der Waals surface area contributed by atoms with E-state index >= 15 is 0 Å². The largest absolute Gasteiger partial charge is 0.456 e. The Hall–Kier alpha value is -8.66. The predicted molar refractivity (Wildman–Crippen MR) is 273 cm³/mol. The SMILES string of the molecule is c1ccc(-c2ccc(N(c3ccc4c(c3)C3(c5ccccc5-c5c(N(c6ccccc6)c6ccccc6)cccc53)c3c-4oc4ccccc34)c3ccccc3-c3ccccc3)cc2)cc1. The lowest BCUT2D eigenvalue weighted by Gasteiger charge is -2.33. The zero-order valence-electron chi connectivity index (χ0n) is 36.1. The highest BCUT2D eigenvalue weighted by Crippen LogP contribution is 2.67. The van der Waals surface area contributed by atoms with Crippen LogP contribution in [0.25, 0.3) is 55.7 Å². The third-order valence-corrected chi connectivity index (χ3v) is 13.7. The second-order valence-corrected chi connectivity index (χ2v) is 17.2. The van der Waals surface area contributed by atoms with Gasteiger partial charge in [-0.2, -0.15) is 0 Å². The Kier molecular flexibility index (Phi) is 8.75. The topological polar surface area (TPSA) is 19.6 Å². The zero-order valence-corrected chi connectivity index (χ0v) is 36.1. The van der Waals surface area contributed by atoms with Gasteiger partial charge in [0.25, 0.3) is 0 Å². The summed E-state index contributed by atoms with van der Waals surface area (Å²) in [6.07, 6.45) is 0. The second kappa shape index (κ2) is 15.3. The molecule has 0 N–H and O–H groups in total. The summed E-state index contributed by atoms with van der Waals surface area (Å²) in [7, 11) is 0. The fourth-order valence-electron chi connectivity index (χ4n) is 10.9. The van der Waals surface area contributed by atoms with Crippen LogP contribution in [0.2, 0.25) is 0 Å². The molecule has 0 amide bonds. The molecule has 0 radical (unpaired) electrons. The Balaban J connectivity index is 1.09. The van der Waals surface area contributed by atoms with Crippen LogP contribution in [0.3, 0.4) is 0 Å². The Morgan fingerprint density at radius 2 is 0.833 bits per heavy atom. The highest BCUT2D eigenvalue weighted by molar-refractivity contribution is 6.05. The van der Waals surface area contributed by atoms with Crippen molar-refractivity contribution in [3.63, 3.8) is 0 Å². The van der Waals surface area contributed by atoms with E-state index in [9.17, 15) is 0 Å². The second-order valence-electron chi connectivity index (χ2n) is 17.2. The first-order valence-corrected chi connectivity index (χ1v) is 22.7. The minimum Gasteiger partial charge on any atom is -0.456 e. The molecule has 10 aromatic carbocycles. The number of para-hydroxylation sites is 4. The van der Waals surface area contributed by atoms with E-state index in [1.807, 2.05) is 0 Å². The van der Waals surface area contributed by atoms with Gasteiger partial charge in [-0.05, 0) is 112 Å². The van der Waals surface area contributed by atoms with Crippen LogP contribution in [0.5, 0.6) is 0 Å². The fourth-order valence-corrected chi connectivity index (χ4v) is 10.9. The van der Waals surface area contributed by atoms with Crippen LogP contribution >= 0.6 is 0 Å². The summed E-state index contributed by atoms with van der Waals surface area (Å²) in [6.45, 7) is 0. The molecule has 0 aliphatic heterocycles. The van der Waals surface area contributed by atoms with Gasteiger partial charge in [-0.15, -0.1) is 0 Å². The number of anilines is 6. The maximum Gasteiger partial charge on any atom is 0.140 e. The van der Waals surface area contributed by atoms with Gasteiger partial charge >= 0.3 is 0 Å². The van der Waals surface area contributed by atoms with Crippen LogP contribution in [0, 0.1) is 0 Å². The van der Waals surface area contributed by atoms with Crippen LogP contribution in [0.4, 0.5) is 34.1 Å². The Labute approximate surface area is 384 Å². The number of furan rings is 1. The molecule has 13 rings (SSSR count). The lowest BCUT2D eigenvalue weighted by Crippen LogP contribution is -2.26. The van der Waals surface area contributed by atoms with Crippen LogP contribution in [0.1, 0.15) is 22.3 Å². The minimum absolute atomic E-state index is 0.698. The monoisotopic (exact) mass is 842 g/mol. The average molecular weight is 843 g/mol. The molecule has 310 valence electrons. The van der Waals surface area contributed by atoms with Crippen LogP contribution in [-0.4, -0.2) is 0 Å². The third kappa shape index (κ3) is 5.70. The first kappa shape index (κ1) is 37.9. The Morgan fingerprint density at radius 3 is 1.56 bits per heavy atom. The average Bonchev–Trinajstić information content (AvgIpc) is 4.02. The molecule has 1 unspecified atom stereocenters. The standard InChI is InChI=1S/C63H42N2O/c1-5-20-43(21-6-1)44-36-38-48(39-37-44)65(57-33-17-14-28-50(57)45-22-7-2-8-23-45)49-40-41-52-56(42-49)63(61-53-30-15-18-35-59(53)66-62(52)61)54-31-16-13-29-51(54)60-55(63)32-19-34-58(60)64(46-24-9-3-10-25-46)47-26-11-4-12-27-47/h1-42H. The molecule has 0 bridgehead atoms. The Bertz CT molecular complexity index is 3540. The van der Waals surface area contributed by atoms with Crippen LogP contribution in [-0.2, 0) is 5.41 Å². The summed E-state index contributed by atoms with van der Waals surface area (Å²) in [6, 6.07) is 92.2. The summed E-state index contributed by atoms with van der Waals surface area (Å²) in [5.41, 5.74) is 19.9. The summed E-state index contributed by atoms with van der Waals surface area (Å²) in [5, 5.41) is 1.13. The third-order valence-electron chi connectivity index (χ3n) is 13.7. The first-order chi connectivity index (χ1) is 32.8. The molecule has 3 heteroatoms. The van der Waals surface area contributed by atoms with Crippen LogP contribution in [0.15, 0.2) is 259 Å². The lowest BCUT2D eigenvalue weighted by atomic mass is 9.70.